The van der Waals surface area contributed by atoms with Gasteiger partial charge < -0.3 is 9.73 Å². The molecule has 1 fully saturated rings. The molecule has 0 saturated carbocycles. The highest BCUT2D eigenvalue weighted by Crippen LogP contribution is 2.25. The zero-order valence-electron chi connectivity index (χ0n) is 19.2. The minimum Gasteiger partial charge on any atom is -0.450 e. The number of hydrogen-bond donors (Lipinski definition) is 1. The summed E-state index contributed by atoms with van der Waals surface area (Å²) in [4.78, 5) is 28.1. The molecule has 1 amide bonds. The van der Waals surface area contributed by atoms with Gasteiger partial charge in [0.15, 0.2) is 11.2 Å². The summed E-state index contributed by atoms with van der Waals surface area (Å²) >= 11 is 0. The average Bonchev–Trinajstić information content (AvgIpc) is 2.80. The Labute approximate surface area is 189 Å². The second-order valence-electron chi connectivity index (χ2n) is 8.85. The molecule has 1 N–H and O–H groups in total. The van der Waals surface area contributed by atoms with E-state index in [2.05, 4.69) is 41.4 Å². The number of hydrogen-bond acceptors (Lipinski definition) is 4. The van der Waals surface area contributed by atoms with Crippen molar-refractivity contribution < 1.29 is 9.21 Å². The quantitative estimate of drug-likeness (QED) is 0.600. The number of nitrogens with zero attached hydrogens (tertiary/aromatic N) is 1. The molecule has 0 unspecified atom stereocenters. The molecular weight excluding hydrogens is 400 g/mol. The van der Waals surface area contributed by atoms with Gasteiger partial charge in [-0.3, -0.25) is 14.5 Å². The highest BCUT2D eigenvalue weighted by atomic mass is 16.3. The fourth-order valence-corrected chi connectivity index (χ4v) is 4.66. The zero-order valence-corrected chi connectivity index (χ0v) is 19.2. The summed E-state index contributed by atoms with van der Waals surface area (Å²) in [5.41, 5.74) is 4.66. The van der Waals surface area contributed by atoms with Crippen molar-refractivity contribution in [3.05, 3.63) is 80.7 Å². The predicted octanol–water partition coefficient (Wildman–Crippen LogP) is 4.93. The summed E-state index contributed by atoms with van der Waals surface area (Å²) in [5.74, 6) is -0.288. The molecular formula is C27H32N2O3. The van der Waals surface area contributed by atoms with E-state index in [9.17, 15) is 9.59 Å². The molecule has 0 radical (unpaired) electrons. The SMILES string of the molecule is CCc1ccc([C@H](CNC(=O)c2cc(=O)c3cc(C)cc(C)c3o2)N2CCCCC2)cc1. The lowest BCUT2D eigenvalue weighted by Gasteiger charge is -2.35. The van der Waals surface area contributed by atoms with Crippen molar-refractivity contribution in [3.8, 4) is 0 Å². The van der Waals surface area contributed by atoms with Crippen LogP contribution in [-0.2, 0) is 6.42 Å². The summed E-state index contributed by atoms with van der Waals surface area (Å²) in [5, 5.41) is 3.55. The van der Waals surface area contributed by atoms with Crippen molar-refractivity contribution in [2.45, 2.75) is 52.5 Å². The molecule has 0 aliphatic carbocycles. The Kier molecular flexibility index (Phi) is 6.75. The number of aryl methyl sites for hydroxylation is 3. The molecule has 1 saturated heterocycles. The van der Waals surface area contributed by atoms with Crippen LogP contribution in [0.4, 0.5) is 0 Å². The third-order valence-electron chi connectivity index (χ3n) is 6.44. The Morgan fingerprint density at radius 3 is 2.47 bits per heavy atom. The summed E-state index contributed by atoms with van der Waals surface area (Å²) in [7, 11) is 0. The van der Waals surface area contributed by atoms with Crippen LogP contribution in [0.1, 0.15) is 65.0 Å². The van der Waals surface area contributed by atoms with Crippen molar-refractivity contribution in [1.82, 2.24) is 10.2 Å². The maximum atomic E-state index is 13.0. The second-order valence-corrected chi connectivity index (χ2v) is 8.85. The molecule has 32 heavy (non-hydrogen) atoms. The number of carbonyl (C=O) groups excluding carboxylic acids is 1. The molecule has 1 aromatic heterocycles. The van der Waals surface area contributed by atoms with Gasteiger partial charge in [-0.25, -0.2) is 0 Å². The Morgan fingerprint density at radius 1 is 1.06 bits per heavy atom. The summed E-state index contributed by atoms with van der Waals surface area (Å²) < 4.78 is 5.88. The van der Waals surface area contributed by atoms with Gasteiger partial charge in [0.05, 0.1) is 11.4 Å². The van der Waals surface area contributed by atoms with Gasteiger partial charge in [0.2, 0.25) is 0 Å². The van der Waals surface area contributed by atoms with E-state index in [0.717, 1.165) is 30.6 Å². The van der Waals surface area contributed by atoms with Crippen LogP contribution in [0.2, 0.25) is 0 Å². The number of amides is 1. The molecule has 1 aliphatic rings. The highest BCUT2D eigenvalue weighted by Gasteiger charge is 2.24. The first-order valence-corrected chi connectivity index (χ1v) is 11.6. The third-order valence-corrected chi connectivity index (χ3v) is 6.44. The molecule has 3 aromatic rings. The third kappa shape index (κ3) is 4.78. The van der Waals surface area contributed by atoms with Gasteiger partial charge in [0.25, 0.3) is 5.91 Å². The van der Waals surface area contributed by atoms with Crippen LogP contribution in [0.25, 0.3) is 11.0 Å². The molecule has 5 nitrogen and oxygen atoms in total. The van der Waals surface area contributed by atoms with E-state index in [1.54, 1.807) is 0 Å². The maximum Gasteiger partial charge on any atom is 0.287 e. The number of nitrogens with one attached hydrogen (secondary N) is 1. The number of rotatable bonds is 6. The van der Waals surface area contributed by atoms with Crippen molar-refractivity contribution >= 4 is 16.9 Å². The van der Waals surface area contributed by atoms with E-state index < -0.39 is 0 Å². The van der Waals surface area contributed by atoms with Crippen molar-refractivity contribution in [3.63, 3.8) is 0 Å². The van der Waals surface area contributed by atoms with Crippen molar-refractivity contribution in [2.75, 3.05) is 19.6 Å². The van der Waals surface area contributed by atoms with Crippen LogP contribution in [-0.4, -0.2) is 30.4 Å². The van der Waals surface area contributed by atoms with Crippen LogP contribution >= 0.6 is 0 Å². The molecule has 2 heterocycles. The lowest BCUT2D eigenvalue weighted by molar-refractivity contribution is 0.0897. The lowest BCUT2D eigenvalue weighted by atomic mass is 9.99. The van der Waals surface area contributed by atoms with Crippen molar-refractivity contribution in [2.24, 2.45) is 0 Å². The van der Waals surface area contributed by atoms with Gasteiger partial charge in [-0.2, -0.15) is 0 Å². The minimum atomic E-state index is -0.351. The molecule has 0 bridgehead atoms. The maximum absolute atomic E-state index is 13.0. The van der Waals surface area contributed by atoms with Gasteiger partial charge in [-0.1, -0.05) is 43.7 Å². The van der Waals surface area contributed by atoms with Crippen LogP contribution in [0.15, 0.2) is 51.7 Å². The predicted molar refractivity (Wildman–Crippen MR) is 128 cm³/mol. The Balaban J connectivity index is 1.57. The molecule has 1 aliphatic heterocycles. The van der Waals surface area contributed by atoms with Gasteiger partial charge in [0, 0.05) is 12.6 Å². The Morgan fingerprint density at radius 2 is 1.78 bits per heavy atom. The number of carbonyl (C=O) groups is 1. The fraction of sp³-hybridized carbons (Fsp3) is 0.407. The average molecular weight is 433 g/mol. The first kappa shape index (κ1) is 22.3. The fourth-order valence-electron chi connectivity index (χ4n) is 4.66. The smallest absolute Gasteiger partial charge is 0.287 e. The largest absolute Gasteiger partial charge is 0.450 e. The zero-order chi connectivity index (χ0) is 22.7. The van der Waals surface area contributed by atoms with Gasteiger partial charge >= 0.3 is 0 Å². The molecule has 2 aromatic carbocycles. The van der Waals surface area contributed by atoms with E-state index in [4.69, 9.17) is 4.42 Å². The number of likely N-dealkylation sites (tertiary alicyclic amines) is 1. The van der Waals surface area contributed by atoms with Crippen LogP contribution in [0, 0.1) is 13.8 Å². The van der Waals surface area contributed by atoms with E-state index >= 15 is 0 Å². The standard InChI is InChI=1S/C27H32N2O3/c1-4-20-8-10-21(11-9-20)23(29-12-6-5-7-13-29)17-28-27(31)25-16-24(30)22-15-18(2)14-19(3)26(22)32-25/h8-11,14-16,23H,4-7,12-13,17H2,1-3H3,(H,28,31)/t23-/m0/s1. The van der Waals surface area contributed by atoms with Crippen LogP contribution in [0.3, 0.4) is 0 Å². The number of benzene rings is 2. The molecule has 168 valence electrons. The van der Waals surface area contributed by atoms with Crippen LogP contribution < -0.4 is 10.7 Å². The summed E-state index contributed by atoms with van der Waals surface area (Å²) in [6, 6.07) is 13.9. The summed E-state index contributed by atoms with van der Waals surface area (Å²) in [6.07, 6.45) is 4.61. The van der Waals surface area contributed by atoms with Gasteiger partial charge in [0.1, 0.15) is 5.58 Å². The minimum absolute atomic E-state index is 0.0631. The van der Waals surface area contributed by atoms with Gasteiger partial charge in [-0.05, 0) is 74.5 Å². The van der Waals surface area contributed by atoms with Crippen LogP contribution in [0.5, 0.6) is 0 Å². The first-order valence-electron chi connectivity index (χ1n) is 11.6. The lowest BCUT2D eigenvalue weighted by Crippen LogP contribution is -2.40. The molecule has 0 spiro atoms. The second kappa shape index (κ2) is 9.70. The van der Waals surface area contributed by atoms with E-state index in [-0.39, 0.29) is 23.1 Å². The van der Waals surface area contributed by atoms with E-state index in [1.165, 1.54) is 36.5 Å². The monoisotopic (exact) mass is 432 g/mol. The van der Waals surface area contributed by atoms with E-state index in [0.29, 0.717) is 17.5 Å². The summed E-state index contributed by atoms with van der Waals surface area (Å²) in [6.45, 7) is 8.52. The number of piperidine rings is 1. The Hall–Kier alpha value is -2.92. The molecule has 5 heteroatoms. The van der Waals surface area contributed by atoms with Gasteiger partial charge in [-0.15, -0.1) is 0 Å². The number of fused-ring (bicyclic) bond motifs is 1. The molecule has 4 rings (SSSR count). The van der Waals surface area contributed by atoms with E-state index in [1.807, 2.05) is 26.0 Å². The normalized spacial score (nSPS) is 15.6. The molecule has 1 atom stereocenters. The highest BCUT2D eigenvalue weighted by molar-refractivity contribution is 5.93. The first-order chi connectivity index (χ1) is 15.5. The van der Waals surface area contributed by atoms with Crippen molar-refractivity contribution in [1.29, 1.82) is 0 Å². The topological polar surface area (TPSA) is 62.6 Å². The Bertz CT molecular complexity index is 1160.